The van der Waals surface area contributed by atoms with E-state index in [1.807, 2.05) is 0 Å². The second-order valence-electron chi connectivity index (χ2n) is 7.52. The maximum atomic E-state index is 3.66. The highest BCUT2D eigenvalue weighted by Crippen LogP contribution is 2.28. The first kappa shape index (κ1) is 15.0. The molecule has 1 N–H and O–H groups in total. The largest absolute Gasteiger partial charge is 0.309 e. The minimum atomic E-state index is 0.267. The second kappa shape index (κ2) is 5.27. The van der Waals surface area contributed by atoms with Gasteiger partial charge in [0.15, 0.2) is 0 Å². The van der Waals surface area contributed by atoms with Crippen LogP contribution in [0.3, 0.4) is 0 Å². The Bertz CT molecular complexity index is 240. The average molecular weight is 240 g/mol. The number of rotatable bonds is 3. The molecule has 2 atom stereocenters. The molecule has 1 heterocycles. The van der Waals surface area contributed by atoms with Crippen LogP contribution < -0.4 is 5.32 Å². The summed E-state index contributed by atoms with van der Waals surface area (Å²) in [5.74, 6) is 0.741. The normalized spacial score (nSPS) is 28.1. The first-order valence-electron chi connectivity index (χ1n) is 7.15. The van der Waals surface area contributed by atoms with Crippen LogP contribution >= 0.6 is 0 Å². The molecule has 0 saturated carbocycles. The van der Waals surface area contributed by atoms with Gasteiger partial charge in [0.25, 0.3) is 0 Å². The Labute approximate surface area is 108 Å². The Kier molecular flexibility index (Phi) is 4.65. The molecule has 0 aromatic heterocycles. The van der Waals surface area contributed by atoms with Crippen molar-refractivity contribution in [3.63, 3.8) is 0 Å². The highest BCUT2D eigenvalue weighted by atomic mass is 15.2. The molecular weight excluding hydrogens is 208 g/mol. The molecule has 1 fully saturated rings. The van der Waals surface area contributed by atoms with Gasteiger partial charge in [0, 0.05) is 31.2 Å². The highest BCUT2D eigenvalue weighted by Gasteiger charge is 2.33. The van der Waals surface area contributed by atoms with E-state index in [2.05, 4.69) is 58.7 Å². The first-order chi connectivity index (χ1) is 7.65. The van der Waals surface area contributed by atoms with Crippen LogP contribution in [-0.4, -0.2) is 36.1 Å². The van der Waals surface area contributed by atoms with Gasteiger partial charge < -0.3 is 5.32 Å². The summed E-state index contributed by atoms with van der Waals surface area (Å²) in [5.41, 5.74) is 0.677. The lowest BCUT2D eigenvalue weighted by atomic mass is 9.81. The van der Waals surface area contributed by atoms with E-state index in [1.165, 1.54) is 19.5 Å². The third-order valence-electron chi connectivity index (χ3n) is 4.39. The lowest BCUT2D eigenvalue weighted by molar-refractivity contribution is 0.0581. The van der Waals surface area contributed by atoms with Gasteiger partial charge in [0.1, 0.15) is 0 Å². The number of nitrogens with zero attached hydrogens (tertiary/aromatic N) is 1. The van der Waals surface area contributed by atoms with Crippen LogP contribution in [-0.2, 0) is 0 Å². The van der Waals surface area contributed by atoms with E-state index in [9.17, 15) is 0 Å². The van der Waals surface area contributed by atoms with Crippen molar-refractivity contribution in [2.45, 2.75) is 66.5 Å². The van der Waals surface area contributed by atoms with Crippen molar-refractivity contribution < 1.29 is 0 Å². The third-order valence-corrected chi connectivity index (χ3v) is 4.39. The molecule has 2 unspecified atom stereocenters. The zero-order valence-electron chi connectivity index (χ0n) is 12.9. The molecule has 0 radical (unpaired) electrons. The van der Waals surface area contributed by atoms with Crippen LogP contribution in [0.25, 0.3) is 0 Å². The standard InChI is InChI=1S/C15H32N2/c1-8-13-9-16-15(6,7)11-17(13)10-12(2)14(3,4)5/h12-13,16H,8-11H2,1-7H3. The molecule has 102 valence electrons. The number of nitrogens with one attached hydrogen (secondary N) is 1. The summed E-state index contributed by atoms with van der Waals surface area (Å²) in [6, 6.07) is 0.716. The van der Waals surface area contributed by atoms with Crippen molar-refractivity contribution in [2.24, 2.45) is 11.3 Å². The maximum Gasteiger partial charge on any atom is 0.0252 e. The summed E-state index contributed by atoms with van der Waals surface area (Å²) in [6.45, 7) is 19.9. The quantitative estimate of drug-likeness (QED) is 0.815. The van der Waals surface area contributed by atoms with E-state index in [0.29, 0.717) is 11.5 Å². The van der Waals surface area contributed by atoms with Crippen molar-refractivity contribution in [1.82, 2.24) is 10.2 Å². The van der Waals surface area contributed by atoms with Crippen LogP contribution in [0.5, 0.6) is 0 Å². The minimum absolute atomic E-state index is 0.267. The molecule has 0 spiro atoms. The van der Waals surface area contributed by atoms with Gasteiger partial charge in [0.05, 0.1) is 0 Å². The van der Waals surface area contributed by atoms with Gasteiger partial charge >= 0.3 is 0 Å². The van der Waals surface area contributed by atoms with Crippen LogP contribution in [0.15, 0.2) is 0 Å². The number of hydrogen-bond acceptors (Lipinski definition) is 2. The summed E-state index contributed by atoms with van der Waals surface area (Å²) in [7, 11) is 0. The minimum Gasteiger partial charge on any atom is -0.309 e. The van der Waals surface area contributed by atoms with Crippen LogP contribution in [0, 0.1) is 11.3 Å². The number of piperazine rings is 1. The van der Waals surface area contributed by atoms with Crippen molar-refractivity contribution >= 4 is 0 Å². The lowest BCUT2D eigenvalue weighted by Gasteiger charge is -2.46. The highest BCUT2D eigenvalue weighted by molar-refractivity contribution is 4.92. The smallest absolute Gasteiger partial charge is 0.0252 e. The Morgan fingerprint density at radius 3 is 2.41 bits per heavy atom. The Hall–Kier alpha value is -0.0800. The summed E-state index contributed by atoms with van der Waals surface area (Å²) < 4.78 is 0. The fourth-order valence-corrected chi connectivity index (χ4v) is 2.46. The van der Waals surface area contributed by atoms with Crippen molar-refractivity contribution in [1.29, 1.82) is 0 Å². The summed E-state index contributed by atoms with van der Waals surface area (Å²) in [5, 5.41) is 3.66. The molecule has 0 aromatic carbocycles. The summed E-state index contributed by atoms with van der Waals surface area (Å²) >= 11 is 0. The van der Waals surface area contributed by atoms with Crippen molar-refractivity contribution in [2.75, 3.05) is 19.6 Å². The molecule has 0 bridgehead atoms. The fraction of sp³-hybridized carbons (Fsp3) is 1.00. The molecule has 1 aliphatic heterocycles. The van der Waals surface area contributed by atoms with Gasteiger partial charge in [-0.3, -0.25) is 4.90 Å². The second-order valence-corrected chi connectivity index (χ2v) is 7.52. The Morgan fingerprint density at radius 2 is 1.94 bits per heavy atom. The zero-order valence-corrected chi connectivity index (χ0v) is 12.9. The number of hydrogen-bond donors (Lipinski definition) is 1. The monoisotopic (exact) mass is 240 g/mol. The third kappa shape index (κ3) is 4.26. The molecule has 0 aromatic rings. The molecule has 1 rings (SSSR count). The van der Waals surface area contributed by atoms with Gasteiger partial charge in [-0.15, -0.1) is 0 Å². The van der Waals surface area contributed by atoms with Gasteiger partial charge in [-0.1, -0.05) is 34.6 Å². The van der Waals surface area contributed by atoms with Crippen LogP contribution in [0.2, 0.25) is 0 Å². The van der Waals surface area contributed by atoms with E-state index < -0.39 is 0 Å². The van der Waals surface area contributed by atoms with Crippen molar-refractivity contribution in [3.05, 3.63) is 0 Å². The fourth-order valence-electron chi connectivity index (χ4n) is 2.46. The molecular formula is C15H32N2. The predicted molar refractivity (Wildman–Crippen MR) is 76.4 cm³/mol. The molecule has 2 heteroatoms. The molecule has 0 amide bonds. The summed E-state index contributed by atoms with van der Waals surface area (Å²) in [4.78, 5) is 2.70. The van der Waals surface area contributed by atoms with Crippen LogP contribution in [0.4, 0.5) is 0 Å². The Morgan fingerprint density at radius 1 is 1.35 bits per heavy atom. The van der Waals surface area contributed by atoms with E-state index in [1.54, 1.807) is 0 Å². The molecule has 1 saturated heterocycles. The van der Waals surface area contributed by atoms with E-state index >= 15 is 0 Å². The lowest BCUT2D eigenvalue weighted by Crippen LogP contribution is -2.62. The maximum absolute atomic E-state index is 3.66. The molecule has 1 aliphatic rings. The average Bonchev–Trinajstić information content (AvgIpc) is 2.15. The first-order valence-corrected chi connectivity index (χ1v) is 7.15. The topological polar surface area (TPSA) is 15.3 Å². The van der Waals surface area contributed by atoms with E-state index in [0.717, 1.165) is 12.5 Å². The van der Waals surface area contributed by atoms with E-state index in [-0.39, 0.29) is 5.54 Å². The molecule has 2 nitrogen and oxygen atoms in total. The SMILES string of the molecule is CCC1CNC(C)(C)CN1CC(C)C(C)(C)C. The molecule has 0 aliphatic carbocycles. The van der Waals surface area contributed by atoms with Gasteiger partial charge in [-0.05, 0) is 31.6 Å². The van der Waals surface area contributed by atoms with Gasteiger partial charge in [-0.25, -0.2) is 0 Å². The van der Waals surface area contributed by atoms with Gasteiger partial charge in [-0.2, -0.15) is 0 Å². The predicted octanol–water partition coefficient (Wildman–Crippen LogP) is 3.13. The zero-order chi connectivity index (χ0) is 13.3. The summed E-state index contributed by atoms with van der Waals surface area (Å²) in [6.07, 6.45) is 1.25. The molecule has 17 heavy (non-hydrogen) atoms. The van der Waals surface area contributed by atoms with Gasteiger partial charge in [0.2, 0.25) is 0 Å². The van der Waals surface area contributed by atoms with Crippen molar-refractivity contribution in [3.8, 4) is 0 Å². The Balaban J connectivity index is 2.65. The van der Waals surface area contributed by atoms with E-state index in [4.69, 9.17) is 0 Å². The van der Waals surface area contributed by atoms with Crippen LogP contribution in [0.1, 0.15) is 54.9 Å².